The Labute approximate surface area is 160 Å². The summed E-state index contributed by atoms with van der Waals surface area (Å²) in [6.07, 6.45) is 5.14. The predicted octanol–water partition coefficient (Wildman–Crippen LogP) is 4.06. The second-order valence-electron chi connectivity index (χ2n) is 9.01. The summed E-state index contributed by atoms with van der Waals surface area (Å²) in [6, 6.07) is 2.26. The van der Waals surface area contributed by atoms with Crippen LogP contribution in [-0.4, -0.2) is 22.6 Å². The van der Waals surface area contributed by atoms with E-state index in [0.717, 1.165) is 37.9 Å². The Morgan fingerprint density at radius 1 is 1.15 bits per heavy atom. The normalized spacial score (nSPS) is 40.2. The second-order valence-corrected chi connectivity index (χ2v) is 9.01. The lowest BCUT2D eigenvalue weighted by atomic mass is 9.66. The van der Waals surface area contributed by atoms with E-state index in [0.29, 0.717) is 11.8 Å². The molecule has 0 saturated carbocycles. The lowest BCUT2D eigenvalue weighted by Gasteiger charge is -2.39. The third-order valence-electron chi connectivity index (χ3n) is 7.54. The minimum atomic E-state index is -0.149. The van der Waals surface area contributed by atoms with E-state index < -0.39 is 0 Å². The van der Waals surface area contributed by atoms with Gasteiger partial charge in [0.1, 0.15) is 12.2 Å². The molecular weight excluding hydrogens is 342 g/mol. The minimum absolute atomic E-state index is 0.00171. The van der Waals surface area contributed by atoms with Crippen molar-refractivity contribution in [1.82, 2.24) is 4.57 Å². The van der Waals surface area contributed by atoms with Gasteiger partial charge >= 0.3 is 11.9 Å². The highest BCUT2D eigenvalue weighted by atomic mass is 16.6. The number of cyclic esters (lactones) is 1. The summed E-state index contributed by atoms with van der Waals surface area (Å²) in [5.41, 5.74) is 3.85. The predicted molar refractivity (Wildman–Crippen MR) is 99.2 cm³/mol. The Morgan fingerprint density at radius 3 is 2.67 bits per heavy atom. The number of ether oxygens (including phenoxy) is 2. The van der Waals surface area contributed by atoms with E-state index in [1.54, 1.807) is 0 Å². The molecule has 5 nitrogen and oxygen atoms in total. The highest BCUT2D eigenvalue weighted by molar-refractivity contribution is 5.77. The molecule has 1 aliphatic carbocycles. The maximum atomic E-state index is 12.4. The van der Waals surface area contributed by atoms with Gasteiger partial charge in [-0.3, -0.25) is 9.59 Å². The molecular formula is C22H29NO4. The number of hydrogen-bond donors (Lipinski definition) is 0. The Bertz CT molecular complexity index is 796. The summed E-state index contributed by atoms with van der Waals surface area (Å²) in [4.78, 5) is 24.5. The van der Waals surface area contributed by atoms with Crippen LogP contribution in [0.3, 0.4) is 0 Å². The Balaban J connectivity index is 1.67. The van der Waals surface area contributed by atoms with Crippen molar-refractivity contribution >= 4 is 11.9 Å². The fourth-order valence-corrected chi connectivity index (χ4v) is 6.19. The largest absolute Gasteiger partial charge is 0.461 e. The molecule has 0 unspecified atom stereocenters. The smallest absolute Gasteiger partial charge is 0.309 e. The summed E-state index contributed by atoms with van der Waals surface area (Å²) in [6.45, 7) is 7.17. The summed E-state index contributed by atoms with van der Waals surface area (Å²) >= 11 is 0. The van der Waals surface area contributed by atoms with Crippen molar-refractivity contribution < 1.29 is 19.1 Å². The number of carbonyl (C=O) groups is 2. The molecule has 5 rings (SSSR count). The number of rotatable bonds is 2. The molecule has 0 N–H and O–H groups in total. The molecule has 27 heavy (non-hydrogen) atoms. The summed E-state index contributed by atoms with van der Waals surface area (Å²) < 4.78 is 14.1. The molecule has 0 spiro atoms. The van der Waals surface area contributed by atoms with Gasteiger partial charge in [0.05, 0.1) is 17.5 Å². The van der Waals surface area contributed by atoms with Gasteiger partial charge in [0, 0.05) is 36.4 Å². The van der Waals surface area contributed by atoms with Gasteiger partial charge in [-0.15, -0.1) is 0 Å². The van der Waals surface area contributed by atoms with Gasteiger partial charge in [0.2, 0.25) is 0 Å². The van der Waals surface area contributed by atoms with Crippen molar-refractivity contribution in [2.24, 2.45) is 17.8 Å². The third-order valence-corrected chi connectivity index (χ3v) is 7.54. The molecule has 0 bridgehead atoms. The zero-order valence-electron chi connectivity index (χ0n) is 16.4. The van der Waals surface area contributed by atoms with Crippen molar-refractivity contribution in [3.63, 3.8) is 0 Å². The van der Waals surface area contributed by atoms with Crippen molar-refractivity contribution in [3.8, 4) is 0 Å². The fraction of sp³-hybridized carbons (Fsp3) is 0.727. The van der Waals surface area contributed by atoms with Crippen LogP contribution in [0.4, 0.5) is 0 Å². The topological polar surface area (TPSA) is 57.5 Å². The first kappa shape index (κ1) is 17.3. The Morgan fingerprint density at radius 2 is 1.96 bits per heavy atom. The Kier molecular flexibility index (Phi) is 3.92. The zero-order valence-corrected chi connectivity index (χ0v) is 16.4. The third kappa shape index (κ3) is 2.36. The van der Waals surface area contributed by atoms with Crippen LogP contribution in [0, 0.1) is 17.8 Å². The van der Waals surface area contributed by atoms with Crippen LogP contribution in [0.5, 0.6) is 0 Å². The van der Waals surface area contributed by atoms with E-state index in [1.165, 1.54) is 17.7 Å². The van der Waals surface area contributed by atoms with Crippen molar-refractivity contribution in [3.05, 3.63) is 23.0 Å². The van der Waals surface area contributed by atoms with Gasteiger partial charge in [0.25, 0.3) is 0 Å². The van der Waals surface area contributed by atoms with Gasteiger partial charge in [-0.25, -0.2) is 0 Å². The van der Waals surface area contributed by atoms with Gasteiger partial charge in [-0.05, 0) is 30.9 Å². The van der Waals surface area contributed by atoms with Gasteiger partial charge in [0.15, 0.2) is 0 Å². The molecule has 2 fully saturated rings. The van der Waals surface area contributed by atoms with Crippen molar-refractivity contribution in [2.45, 2.75) is 83.5 Å². The van der Waals surface area contributed by atoms with E-state index in [2.05, 4.69) is 17.6 Å². The number of aromatic nitrogens is 1. The molecule has 2 saturated heterocycles. The molecule has 7 atom stereocenters. The van der Waals surface area contributed by atoms with Crippen LogP contribution in [0.1, 0.15) is 87.8 Å². The fourth-order valence-electron chi connectivity index (χ4n) is 6.19. The number of carbonyl (C=O) groups excluding carboxylic acids is 2. The van der Waals surface area contributed by atoms with Crippen molar-refractivity contribution in [2.75, 3.05) is 0 Å². The van der Waals surface area contributed by atoms with Crippen LogP contribution >= 0.6 is 0 Å². The monoisotopic (exact) mass is 371 g/mol. The first-order valence-electron chi connectivity index (χ1n) is 10.7. The first-order valence-corrected chi connectivity index (χ1v) is 10.7. The highest BCUT2D eigenvalue weighted by Gasteiger charge is 2.54. The number of nitrogens with zero attached hydrogens (tertiary/aromatic N) is 1. The zero-order chi connectivity index (χ0) is 18.9. The quantitative estimate of drug-likeness (QED) is 0.736. The average Bonchev–Trinajstić information content (AvgIpc) is 3.20. The molecule has 146 valence electrons. The van der Waals surface area contributed by atoms with Crippen LogP contribution < -0.4 is 0 Å². The average molecular weight is 371 g/mol. The van der Waals surface area contributed by atoms with Crippen LogP contribution in [0.25, 0.3) is 0 Å². The molecule has 0 radical (unpaired) electrons. The first-order chi connectivity index (χ1) is 13.0. The molecule has 4 heterocycles. The lowest BCUT2D eigenvalue weighted by molar-refractivity contribution is -0.146. The number of hydrogen-bond acceptors (Lipinski definition) is 4. The summed E-state index contributed by atoms with van der Waals surface area (Å²) in [7, 11) is 0. The maximum absolute atomic E-state index is 12.4. The lowest BCUT2D eigenvalue weighted by Crippen LogP contribution is -2.36. The number of fused-ring (bicyclic) bond motifs is 2. The van der Waals surface area contributed by atoms with Crippen LogP contribution in [0.15, 0.2) is 6.07 Å². The second kappa shape index (κ2) is 6.11. The summed E-state index contributed by atoms with van der Waals surface area (Å²) in [5, 5.41) is 0. The molecule has 5 heteroatoms. The SMILES string of the molecule is CC[C@H]1[C@@H]2OC(=O)[C@H](C)[C@@H]2c2cc([C@@H]3C[C@H](C)C(=O)O3)n3c2[C@@H]1CCCC3. The molecule has 1 aromatic rings. The van der Waals surface area contributed by atoms with Crippen LogP contribution in [-0.2, 0) is 25.6 Å². The number of esters is 2. The van der Waals surface area contributed by atoms with Gasteiger partial charge < -0.3 is 14.0 Å². The summed E-state index contributed by atoms with van der Waals surface area (Å²) in [5.74, 6) is 0.690. The van der Waals surface area contributed by atoms with E-state index in [9.17, 15) is 9.59 Å². The van der Waals surface area contributed by atoms with Crippen LogP contribution in [0.2, 0.25) is 0 Å². The Hall–Kier alpha value is -1.78. The molecule has 1 aromatic heterocycles. The molecule has 0 amide bonds. The maximum Gasteiger partial charge on any atom is 0.309 e. The van der Waals surface area contributed by atoms with Gasteiger partial charge in [-0.1, -0.05) is 27.2 Å². The van der Waals surface area contributed by atoms with Crippen molar-refractivity contribution in [1.29, 1.82) is 0 Å². The van der Waals surface area contributed by atoms with E-state index in [-0.39, 0.29) is 41.9 Å². The standard InChI is InChI=1S/C22H29NO4/c1-4-13-14-7-5-6-8-23-16(17-9-11(2)21(24)26-17)10-15(19(14)23)18-12(3)22(25)27-20(13)18/h10-14,17-18,20H,4-9H2,1-3H3/t11-,12+,13+,14+,17-,18+,20-/m0/s1. The van der Waals surface area contributed by atoms with E-state index in [4.69, 9.17) is 9.47 Å². The van der Waals surface area contributed by atoms with Gasteiger partial charge in [-0.2, -0.15) is 0 Å². The molecule has 3 aliphatic heterocycles. The highest BCUT2D eigenvalue weighted by Crippen LogP contribution is 2.55. The molecule has 4 aliphatic rings. The minimum Gasteiger partial charge on any atom is -0.461 e. The van der Waals surface area contributed by atoms with E-state index >= 15 is 0 Å². The van der Waals surface area contributed by atoms with E-state index in [1.807, 2.05) is 13.8 Å². The molecule has 0 aromatic carbocycles.